The van der Waals surface area contributed by atoms with Gasteiger partial charge in [-0.25, -0.2) is 13.6 Å². The molecule has 2 atom stereocenters. The number of hydrogen-bond acceptors (Lipinski definition) is 5. The van der Waals surface area contributed by atoms with Gasteiger partial charge < -0.3 is 19.5 Å². The Morgan fingerprint density at radius 3 is 2.41 bits per heavy atom. The van der Waals surface area contributed by atoms with Crippen LogP contribution in [0.2, 0.25) is 0 Å². The second-order valence-corrected chi connectivity index (χ2v) is 6.15. The van der Waals surface area contributed by atoms with Crippen LogP contribution in [0.1, 0.15) is 12.0 Å². The molecule has 1 N–H and O–H groups in total. The summed E-state index contributed by atoms with van der Waals surface area (Å²) in [7, 11) is 0. The Labute approximate surface area is 162 Å². The van der Waals surface area contributed by atoms with Crippen LogP contribution in [0.3, 0.4) is 0 Å². The topological polar surface area (TPSA) is 73.9 Å². The first-order valence-electron chi connectivity index (χ1n) is 8.47. The van der Waals surface area contributed by atoms with E-state index in [0.29, 0.717) is 0 Å². The molecule has 29 heavy (non-hydrogen) atoms. The fraction of sp³-hybridized carbons (Fsp3) is 0.263. The highest BCUT2D eigenvalue weighted by Gasteiger charge is 2.37. The minimum atomic E-state index is -1.72. The van der Waals surface area contributed by atoms with E-state index >= 15 is 0 Å². The maximum atomic E-state index is 13.7. The van der Waals surface area contributed by atoms with Crippen molar-refractivity contribution in [3.05, 3.63) is 65.2 Å². The van der Waals surface area contributed by atoms with Crippen molar-refractivity contribution in [3.8, 4) is 5.75 Å². The van der Waals surface area contributed by atoms with Gasteiger partial charge in [-0.05, 0) is 5.56 Å². The fourth-order valence-electron chi connectivity index (χ4n) is 2.66. The summed E-state index contributed by atoms with van der Waals surface area (Å²) in [6.07, 6.45) is -2.23. The van der Waals surface area contributed by atoms with Gasteiger partial charge in [0.2, 0.25) is 11.6 Å². The molecular formula is C19H15F4NO5. The predicted octanol–water partition coefficient (Wildman–Crippen LogP) is 3.23. The number of cyclic esters (lactones) is 1. The highest BCUT2D eigenvalue weighted by molar-refractivity contribution is 5.75. The number of esters is 1. The van der Waals surface area contributed by atoms with Crippen molar-refractivity contribution in [1.29, 1.82) is 0 Å². The Morgan fingerprint density at radius 2 is 1.76 bits per heavy atom. The molecule has 3 rings (SSSR count). The van der Waals surface area contributed by atoms with Gasteiger partial charge >= 0.3 is 12.1 Å². The molecule has 154 valence electrons. The van der Waals surface area contributed by atoms with Crippen molar-refractivity contribution < 1.29 is 41.4 Å². The van der Waals surface area contributed by atoms with Gasteiger partial charge in [0.1, 0.15) is 13.2 Å². The number of carbonyl (C=O) groups excluding carboxylic acids is 2. The van der Waals surface area contributed by atoms with Crippen molar-refractivity contribution in [2.24, 2.45) is 0 Å². The molecule has 1 saturated heterocycles. The van der Waals surface area contributed by atoms with Gasteiger partial charge in [-0.2, -0.15) is 8.78 Å². The van der Waals surface area contributed by atoms with Crippen molar-refractivity contribution >= 4 is 12.1 Å². The second kappa shape index (κ2) is 8.80. The zero-order chi connectivity index (χ0) is 21.0. The number of halogens is 4. The summed E-state index contributed by atoms with van der Waals surface area (Å²) in [5.74, 6) is -8.70. The molecule has 1 amide bonds. The fourth-order valence-corrected chi connectivity index (χ4v) is 2.66. The Bertz CT molecular complexity index is 883. The number of carbonyl (C=O) groups is 2. The predicted molar refractivity (Wildman–Crippen MR) is 89.8 cm³/mol. The van der Waals surface area contributed by atoms with Crippen LogP contribution in [-0.2, 0) is 20.9 Å². The third-order valence-corrected chi connectivity index (χ3v) is 4.10. The molecule has 0 saturated carbocycles. The number of amides is 1. The zero-order valence-corrected chi connectivity index (χ0v) is 14.8. The second-order valence-electron chi connectivity index (χ2n) is 6.15. The Kier molecular flexibility index (Phi) is 6.20. The van der Waals surface area contributed by atoms with Crippen LogP contribution in [0.4, 0.5) is 22.4 Å². The average molecular weight is 413 g/mol. The molecular weight excluding hydrogens is 398 g/mol. The van der Waals surface area contributed by atoms with Crippen LogP contribution < -0.4 is 10.1 Å². The van der Waals surface area contributed by atoms with E-state index in [1.165, 1.54) is 0 Å². The number of rotatable bonds is 6. The first-order chi connectivity index (χ1) is 13.8. The quantitative estimate of drug-likeness (QED) is 0.447. The van der Waals surface area contributed by atoms with E-state index in [1.807, 2.05) is 0 Å². The Morgan fingerprint density at radius 1 is 1.10 bits per heavy atom. The van der Waals surface area contributed by atoms with Crippen LogP contribution in [0.5, 0.6) is 5.75 Å². The summed E-state index contributed by atoms with van der Waals surface area (Å²) in [5, 5.41) is 2.40. The van der Waals surface area contributed by atoms with Gasteiger partial charge in [0.15, 0.2) is 23.5 Å². The summed E-state index contributed by atoms with van der Waals surface area (Å²) in [5.41, 5.74) is 0.736. The number of alkyl carbamates (subject to hydrolysis) is 1. The molecule has 0 bridgehead atoms. The third kappa shape index (κ3) is 4.95. The summed E-state index contributed by atoms with van der Waals surface area (Å²) >= 11 is 0. The van der Waals surface area contributed by atoms with Gasteiger partial charge in [-0.3, -0.25) is 4.79 Å². The van der Waals surface area contributed by atoms with Gasteiger partial charge in [0, 0.05) is 6.07 Å². The van der Waals surface area contributed by atoms with Crippen molar-refractivity contribution in [1.82, 2.24) is 5.32 Å². The van der Waals surface area contributed by atoms with Gasteiger partial charge in [0.05, 0.1) is 12.5 Å². The smallest absolute Gasteiger partial charge is 0.407 e. The lowest BCUT2D eigenvalue weighted by Gasteiger charge is -2.19. The molecule has 1 aliphatic rings. The molecule has 6 nitrogen and oxygen atoms in total. The molecule has 0 spiro atoms. The monoisotopic (exact) mass is 413 g/mol. The molecule has 10 heteroatoms. The molecule has 1 unspecified atom stereocenters. The molecule has 2 aromatic rings. The van der Waals surface area contributed by atoms with Gasteiger partial charge in [-0.15, -0.1) is 0 Å². The van der Waals surface area contributed by atoms with E-state index in [9.17, 15) is 27.2 Å². The standard InChI is InChI=1S/C19H15F4NO5/c20-11-6-12(21)17(23)18(16(11)22)27-9-14-13(7-15(25)29-14)24-19(26)28-8-10-4-2-1-3-5-10/h1-6,13-14H,7-9H2,(H,24,26)/t13?,14-/m1/s1. The van der Waals surface area contributed by atoms with E-state index < -0.39 is 59.8 Å². The van der Waals surface area contributed by atoms with E-state index in [2.05, 4.69) is 5.32 Å². The Hall–Kier alpha value is -3.30. The van der Waals surface area contributed by atoms with Crippen LogP contribution >= 0.6 is 0 Å². The lowest BCUT2D eigenvalue weighted by molar-refractivity contribution is -0.142. The number of nitrogens with one attached hydrogen (secondary N) is 1. The van der Waals surface area contributed by atoms with Gasteiger partial charge in [-0.1, -0.05) is 30.3 Å². The SMILES string of the molecule is O=C1CC(NC(=O)OCc2ccccc2)[C@@H](COc2c(F)c(F)cc(F)c2F)O1. The molecule has 0 radical (unpaired) electrons. The molecule has 2 aromatic carbocycles. The van der Waals surface area contributed by atoms with Crippen molar-refractivity contribution in [3.63, 3.8) is 0 Å². The highest BCUT2D eigenvalue weighted by Crippen LogP contribution is 2.27. The summed E-state index contributed by atoms with van der Waals surface area (Å²) < 4.78 is 68.6. The molecule has 0 aromatic heterocycles. The molecule has 1 aliphatic heterocycles. The van der Waals surface area contributed by atoms with Gasteiger partial charge in [0.25, 0.3) is 0 Å². The van der Waals surface area contributed by atoms with E-state index in [1.54, 1.807) is 30.3 Å². The molecule has 0 aliphatic carbocycles. The van der Waals surface area contributed by atoms with Crippen LogP contribution in [0.25, 0.3) is 0 Å². The maximum absolute atomic E-state index is 13.7. The normalized spacial score (nSPS) is 18.3. The lowest BCUT2D eigenvalue weighted by Crippen LogP contribution is -2.43. The average Bonchev–Trinajstić information content (AvgIpc) is 3.04. The number of hydrogen-bond donors (Lipinski definition) is 1. The largest absolute Gasteiger partial charge is 0.483 e. The number of benzene rings is 2. The lowest BCUT2D eigenvalue weighted by atomic mass is 10.1. The van der Waals surface area contributed by atoms with Crippen LogP contribution in [0.15, 0.2) is 36.4 Å². The summed E-state index contributed by atoms with van der Waals surface area (Å²) in [6, 6.07) is 7.93. The van der Waals surface area contributed by atoms with Crippen molar-refractivity contribution in [2.45, 2.75) is 25.2 Å². The minimum Gasteiger partial charge on any atom is -0.483 e. The highest BCUT2D eigenvalue weighted by atomic mass is 19.2. The Balaban J connectivity index is 1.59. The molecule has 1 fully saturated rings. The first-order valence-corrected chi connectivity index (χ1v) is 8.47. The van der Waals surface area contributed by atoms with E-state index in [0.717, 1.165) is 5.56 Å². The van der Waals surface area contributed by atoms with E-state index in [-0.39, 0.29) is 19.1 Å². The summed E-state index contributed by atoms with van der Waals surface area (Å²) in [4.78, 5) is 23.5. The minimum absolute atomic E-state index is 0.0195. The van der Waals surface area contributed by atoms with E-state index in [4.69, 9.17) is 14.2 Å². The van der Waals surface area contributed by atoms with Crippen LogP contribution in [0, 0.1) is 23.3 Å². The number of ether oxygens (including phenoxy) is 3. The van der Waals surface area contributed by atoms with Crippen molar-refractivity contribution in [2.75, 3.05) is 6.61 Å². The maximum Gasteiger partial charge on any atom is 0.407 e. The zero-order valence-electron chi connectivity index (χ0n) is 14.8. The van der Waals surface area contributed by atoms with Crippen LogP contribution in [-0.4, -0.2) is 30.8 Å². The third-order valence-electron chi connectivity index (χ3n) is 4.10. The summed E-state index contributed by atoms with van der Waals surface area (Å²) in [6.45, 7) is -0.666. The molecule has 1 heterocycles. The first kappa shape index (κ1) is 20.4.